The first-order valence-corrected chi connectivity index (χ1v) is 10.6. The van der Waals surface area contributed by atoms with Crippen LogP contribution >= 0.6 is 0 Å². The number of rotatable bonds is 7. The Labute approximate surface area is 183 Å². The lowest BCUT2D eigenvalue weighted by atomic mass is 10.0. The molecule has 0 aliphatic heterocycles. The molecule has 0 saturated heterocycles. The number of nitrogens with zero attached hydrogens (tertiary/aromatic N) is 2. The monoisotopic (exact) mass is 418 g/mol. The third-order valence-electron chi connectivity index (χ3n) is 5.22. The van der Waals surface area contributed by atoms with Crippen LogP contribution in [0.25, 0.3) is 10.9 Å². The van der Waals surface area contributed by atoms with Crippen LogP contribution in [0.2, 0.25) is 0 Å². The van der Waals surface area contributed by atoms with Gasteiger partial charge in [-0.15, -0.1) is 0 Å². The number of fused-ring (bicyclic) bond motifs is 1. The van der Waals surface area contributed by atoms with Gasteiger partial charge >= 0.3 is 0 Å². The Hall–Kier alpha value is -3.41. The molecule has 1 heterocycles. The van der Waals surface area contributed by atoms with Gasteiger partial charge in [0.25, 0.3) is 11.8 Å². The number of carbonyl (C=O) groups excluding carboxylic acids is 2. The Morgan fingerprint density at radius 2 is 1.77 bits per heavy atom. The summed E-state index contributed by atoms with van der Waals surface area (Å²) in [6.07, 6.45) is 3.68. The summed E-state index contributed by atoms with van der Waals surface area (Å²) in [5.41, 5.74) is 6.16. The van der Waals surface area contributed by atoms with Crippen molar-refractivity contribution in [2.45, 2.75) is 46.7 Å². The van der Waals surface area contributed by atoms with Crippen LogP contribution in [-0.4, -0.2) is 28.6 Å². The zero-order chi connectivity index (χ0) is 22.5. The first-order valence-electron chi connectivity index (χ1n) is 10.6. The van der Waals surface area contributed by atoms with Gasteiger partial charge < -0.3 is 9.88 Å². The molecule has 3 aromatic rings. The Morgan fingerprint density at radius 1 is 1.03 bits per heavy atom. The van der Waals surface area contributed by atoms with Crippen molar-refractivity contribution >= 4 is 28.9 Å². The summed E-state index contributed by atoms with van der Waals surface area (Å²) in [5.74, 6) is -0.715. The van der Waals surface area contributed by atoms with E-state index in [4.69, 9.17) is 0 Å². The van der Waals surface area contributed by atoms with E-state index in [1.807, 2.05) is 57.3 Å². The fourth-order valence-electron chi connectivity index (χ4n) is 3.54. The lowest BCUT2D eigenvalue weighted by Gasteiger charge is -2.20. The predicted molar refractivity (Wildman–Crippen MR) is 125 cm³/mol. The average Bonchev–Trinajstić information content (AvgIpc) is 3.10. The molecule has 2 N–H and O–H groups in total. The van der Waals surface area contributed by atoms with E-state index in [0.717, 1.165) is 22.0 Å². The second-order valence-corrected chi connectivity index (χ2v) is 8.40. The van der Waals surface area contributed by atoms with Gasteiger partial charge in [0.05, 0.1) is 6.21 Å². The van der Waals surface area contributed by atoms with Crippen LogP contribution in [0.1, 0.15) is 55.2 Å². The van der Waals surface area contributed by atoms with E-state index in [-0.39, 0.29) is 17.7 Å². The first kappa shape index (κ1) is 22.3. The standard InChI is InChI=1S/C25H30N4O2/c1-16(2)23(27-24(30)19-10-8-9-18(5)13-19)25(31)28-26-14-20-15-29(17(3)4)22-12-7-6-11-21(20)22/h6-17,23H,1-5H3,(H,27,30)(H,28,31)/b26-14+/t23-/m0/s1. The molecule has 1 atom stereocenters. The molecule has 2 aromatic carbocycles. The molecule has 3 rings (SSSR count). The zero-order valence-electron chi connectivity index (χ0n) is 18.7. The van der Waals surface area contributed by atoms with Crippen molar-refractivity contribution in [2.24, 2.45) is 11.0 Å². The predicted octanol–water partition coefficient (Wildman–Crippen LogP) is 4.44. The lowest BCUT2D eigenvalue weighted by molar-refractivity contribution is -0.123. The van der Waals surface area contributed by atoms with Crippen LogP contribution in [0, 0.1) is 12.8 Å². The van der Waals surface area contributed by atoms with Crippen LogP contribution in [0.5, 0.6) is 0 Å². The van der Waals surface area contributed by atoms with Gasteiger partial charge in [0.1, 0.15) is 6.04 Å². The smallest absolute Gasteiger partial charge is 0.262 e. The van der Waals surface area contributed by atoms with Crippen molar-refractivity contribution in [1.82, 2.24) is 15.3 Å². The van der Waals surface area contributed by atoms with Crippen molar-refractivity contribution in [1.29, 1.82) is 0 Å². The molecule has 6 nitrogen and oxygen atoms in total. The molecule has 0 bridgehead atoms. The maximum absolute atomic E-state index is 12.7. The van der Waals surface area contributed by atoms with Gasteiger partial charge in [0.15, 0.2) is 0 Å². The fraction of sp³-hybridized carbons (Fsp3) is 0.320. The Morgan fingerprint density at radius 3 is 2.45 bits per heavy atom. The van der Waals surface area contributed by atoms with Crippen molar-refractivity contribution < 1.29 is 9.59 Å². The van der Waals surface area contributed by atoms with Gasteiger partial charge in [0, 0.05) is 34.3 Å². The molecule has 1 aromatic heterocycles. The van der Waals surface area contributed by atoms with Crippen LogP contribution in [0.3, 0.4) is 0 Å². The number of para-hydroxylation sites is 1. The number of hydrogen-bond donors (Lipinski definition) is 2. The van der Waals surface area contributed by atoms with Gasteiger partial charge in [0.2, 0.25) is 0 Å². The number of carbonyl (C=O) groups is 2. The molecule has 0 unspecified atom stereocenters. The molecule has 0 radical (unpaired) electrons. The van der Waals surface area contributed by atoms with Gasteiger partial charge in [-0.25, -0.2) is 5.43 Å². The fourth-order valence-corrected chi connectivity index (χ4v) is 3.54. The molecule has 31 heavy (non-hydrogen) atoms. The summed E-state index contributed by atoms with van der Waals surface area (Å²) >= 11 is 0. The third kappa shape index (κ3) is 5.20. The van der Waals surface area contributed by atoms with Gasteiger partial charge in [-0.05, 0) is 44.9 Å². The molecular weight excluding hydrogens is 388 g/mol. The minimum Gasteiger partial charge on any atom is -0.344 e. The number of hydrazone groups is 1. The molecule has 6 heteroatoms. The Kier molecular flexibility index (Phi) is 6.90. The summed E-state index contributed by atoms with van der Waals surface area (Å²) in [6.45, 7) is 9.95. The topological polar surface area (TPSA) is 75.5 Å². The highest BCUT2D eigenvalue weighted by Crippen LogP contribution is 2.23. The van der Waals surface area contributed by atoms with E-state index in [2.05, 4.69) is 40.3 Å². The van der Waals surface area contributed by atoms with E-state index in [0.29, 0.717) is 11.6 Å². The highest BCUT2D eigenvalue weighted by Gasteiger charge is 2.24. The van der Waals surface area contributed by atoms with E-state index in [1.165, 1.54) is 0 Å². The summed E-state index contributed by atoms with van der Waals surface area (Å²) < 4.78 is 2.18. The number of amides is 2. The average molecular weight is 419 g/mol. The largest absolute Gasteiger partial charge is 0.344 e. The van der Waals surface area contributed by atoms with Crippen LogP contribution in [-0.2, 0) is 4.79 Å². The van der Waals surface area contributed by atoms with Gasteiger partial charge in [-0.1, -0.05) is 49.7 Å². The van der Waals surface area contributed by atoms with E-state index in [9.17, 15) is 9.59 Å². The number of hydrogen-bond acceptors (Lipinski definition) is 3. The van der Waals surface area contributed by atoms with E-state index < -0.39 is 6.04 Å². The molecule has 0 spiro atoms. The van der Waals surface area contributed by atoms with Crippen LogP contribution in [0.4, 0.5) is 0 Å². The molecule has 0 fully saturated rings. The van der Waals surface area contributed by atoms with Crippen molar-refractivity contribution in [3.8, 4) is 0 Å². The molecule has 0 aliphatic rings. The van der Waals surface area contributed by atoms with E-state index >= 15 is 0 Å². The lowest BCUT2D eigenvalue weighted by Crippen LogP contribution is -2.48. The van der Waals surface area contributed by atoms with Gasteiger partial charge in [-0.3, -0.25) is 9.59 Å². The Bertz CT molecular complexity index is 1110. The van der Waals surface area contributed by atoms with Crippen LogP contribution < -0.4 is 10.7 Å². The third-order valence-corrected chi connectivity index (χ3v) is 5.22. The SMILES string of the molecule is Cc1cccc(C(=O)N[C@H](C(=O)N/N=C/c2cn(C(C)C)c3ccccc23)C(C)C)c1. The quantitative estimate of drug-likeness (QED) is 0.440. The highest BCUT2D eigenvalue weighted by molar-refractivity contribution is 6.00. The van der Waals surface area contributed by atoms with E-state index in [1.54, 1.807) is 18.3 Å². The molecule has 0 aliphatic carbocycles. The molecule has 162 valence electrons. The summed E-state index contributed by atoms with van der Waals surface area (Å²) in [7, 11) is 0. The second-order valence-electron chi connectivity index (χ2n) is 8.40. The maximum Gasteiger partial charge on any atom is 0.262 e. The number of aromatic nitrogens is 1. The minimum atomic E-state index is -0.692. The summed E-state index contributed by atoms with van der Waals surface area (Å²) in [6, 6.07) is 15.0. The van der Waals surface area contributed by atoms with Gasteiger partial charge in [-0.2, -0.15) is 5.10 Å². The van der Waals surface area contributed by atoms with Crippen molar-refractivity contribution in [3.63, 3.8) is 0 Å². The second kappa shape index (κ2) is 9.60. The van der Waals surface area contributed by atoms with Crippen molar-refractivity contribution in [2.75, 3.05) is 0 Å². The Balaban J connectivity index is 1.73. The number of aryl methyl sites for hydroxylation is 1. The molecule has 2 amide bonds. The molecule has 0 saturated carbocycles. The molecular formula is C25H30N4O2. The number of benzene rings is 2. The minimum absolute atomic E-state index is 0.0909. The first-order chi connectivity index (χ1) is 14.8. The number of nitrogens with one attached hydrogen (secondary N) is 2. The summed E-state index contributed by atoms with van der Waals surface area (Å²) in [4.78, 5) is 25.3. The highest BCUT2D eigenvalue weighted by atomic mass is 16.2. The maximum atomic E-state index is 12.7. The zero-order valence-corrected chi connectivity index (χ0v) is 18.7. The normalized spacial score (nSPS) is 12.6. The van der Waals surface area contributed by atoms with Crippen molar-refractivity contribution in [3.05, 3.63) is 71.4 Å². The van der Waals surface area contributed by atoms with Crippen LogP contribution in [0.15, 0.2) is 59.8 Å². The summed E-state index contributed by atoms with van der Waals surface area (Å²) in [5, 5.41) is 8.07.